The topological polar surface area (TPSA) is 84.3 Å². The first-order chi connectivity index (χ1) is 14.3. The molecule has 4 rings (SSSR count). The Bertz CT molecular complexity index is 1150. The Morgan fingerprint density at radius 1 is 1.00 bits per heavy atom. The van der Waals surface area contributed by atoms with E-state index in [2.05, 4.69) is 10.3 Å². The van der Waals surface area contributed by atoms with E-state index < -0.39 is 23.8 Å². The highest BCUT2D eigenvalue weighted by Crippen LogP contribution is 2.32. The van der Waals surface area contributed by atoms with Crippen molar-refractivity contribution in [2.45, 2.75) is 13.0 Å². The fourth-order valence-electron chi connectivity index (χ4n) is 3.16. The lowest BCUT2D eigenvalue weighted by molar-refractivity contribution is -0.119. The highest BCUT2D eigenvalue weighted by atomic mass is 35.5. The maximum absolute atomic E-state index is 12.7. The SMILES string of the molecule is CC(C(=O)Nc1ccc(-n2ccnc2)c(Cl)c1)N1C(=O)c2cc(Cl)c(Cl)cc2C1=O. The van der Waals surface area contributed by atoms with Crippen molar-refractivity contribution in [1.29, 1.82) is 0 Å². The predicted molar refractivity (Wildman–Crippen MR) is 114 cm³/mol. The summed E-state index contributed by atoms with van der Waals surface area (Å²) in [6.07, 6.45) is 4.96. The van der Waals surface area contributed by atoms with E-state index >= 15 is 0 Å². The molecule has 1 aromatic heterocycles. The van der Waals surface area contributed by atoms with Gasteiger partial charge < -0.3 is 9.88 Å². The Morgan fingerprint density at radius 2 is 1.63 bits per heavy atom. The summed E-state index contributed by atoms with van der Waals surface area (Å²) in [4.78, 5) is 43.0. The molecule has 1 unspecified atom stereocenters. The van der Waals surface area contributed by atoms with Gasteiger partial charge in [-0.05, 0) is 37.3 Å². The van der Waals surface area contributed by atoms with E-state index in [-0.39, 0.29) is 21.2 Å². The molecule has 0 saturated carbocycles. The highest BCUT2D eigenvalue weighted by molar-refractivity contribution is 6.43. The van der Waals surface area contributed by atoms with Gasteiger partial charge in [-0.1, -0.05) is 34.8 Å². The number of carbonyl (C=O) groups is 3. The van der Waals surface area contributed by atoms with Crippen LogP contribution in [0.4, 0.5) is 5.69 Å². The summed E-state index contributed by atoms with van der Waals surface area (Å²) in [6.45, 7) is 1.46. The molecule has 1 aliphatic rings. The van der Waals surface area contributed by atoms with Crippen molar-refractivity contribution >= 4 is 58.2 Å². The fourth-order valence-corrected chi connectivity index (χ4v) is 3.77. The molecule has 30 heavy (non-hydrogen) atoms. The van der Waals surface area contributed by atoms with Crippen LogP contribution in [0.2, 0.25) is 15.1 Å². The number of nitrogens with zero attached hydrogens (tertiary/aromatic N) is 3. The van der Waals surface area contributed by atoms with Crippen molar-refractivity contribution in [3.63, 3.8) is 0 Å². The number of nitrogens with one attached hydrogen (secondary N) is 1. The Balaban J connectivity index is 1.54. The van der Waals surface area contributed by atoms with E-state index in [0.717, 1.165) is 4.90 Å². The molecule has 2 heterocycles. The number of carbonyl (C=O) groups excluding carboxylic acids is 3. The Morgan fingerprint density at radius 3 is 2.17 bits per heavy atom. The maximum atomic E-state index is 12.7. The molecule has 0 fully saturated rings. The molecule has 0 radical (unpaired) electrons. The van der Waals surface area contributed by atoms with Gasteiger partial charge in [0.1, 0.15) is 6.04 Å². The van der Waals surface area contributed by atoms with Gasteiger partial charge in [0.25, 0.3) is 11.8 Å². The number of amides is 3. The standard InChI is InChI=1S/C20H13Cl3N4O3/c1-10(27-19(29)12-7-14(21)15(22)8-13(12)20(27)30)18(28)25-11-2-3-17(16(23)6-11)26-5-4-24-9-26/h2-10H,1H3,(H,25,28). The summed E-state index contributed by atoms with van der Waals surface area (Å²) >= 11 is 18.2. The first-order valence-corrected chi connectivity index (χ1v) is 9.87. The minimum Gasteiger partial charge on any atom is -0.324 e. The minimum atomic E-state index is -1.07. The van der Waals surface area contributed by atoms with Crippen LogP contribution >= 0.6 is 34.8 Å². The summed E-state index contributed by atoms with van der Waals surface area (Å²) in [5, 5.41) is 3.38. The first-order valence-electron chi connectivity index (χ1n) is 8.73. The second kappa shape index (κ2) is 7.75. The molecule has 7 nitrogen and oxygen atoms in total. The number of anilines is 1. The average Bonchev–Trinajstić information content (AvgIpc) is 3.30. The number of benzene rings is 2. The summed E-state index contributed by atoms with van der Waals surface area (Å²) in [7, 11) is 0. The lowest BCUT2D eigenvalue weighted by atomic mass is 10.1. The Labute approximate surface area is 186 Å². The van der Waals surface area contributed by atoms with Gasteiger partial charge in [-0.15, -0.1) is 0 Å². The molecule has 0 saturated heterocycles. The Hall–Kier alpha value is -2.87. The van der Waals surface area contributed by atoms with Gasteiger partial charge in [0.15, 0.2) is 0 Å². The second-order valence-electron chi connectivity index (χ2n) is 6.59. The van der Waals surface area contributed by atoms with Crippen molar-refractivity contribution in [2.24, 2.45) is 0 Å². The maximum Gasteiger partial charge on any atom is 0.262 e. The molecule has 10 heteroatoms. The number of hydrogen-bond acceptors (Lipinski definition) is 4. The van der Waals surface area contributed by atoms with Gasteiger partial charge in [0.2, 0.25) is 5.91 Å². The van der Waals surface area contributed by atoms with E-state index in [4.69, 9.17) is 34.8 Å². The molecular weight excluding hydrogens is 451 g/mol. The zero-order chi connectivity index (χ0) is 21.6. The minimum absolute atomic E-state index is 0.113. The van der Waals surface area contributed by atoms with E-state index in [0.29, 0.717) is 16.4 Å². The van der Waals surface area contributed by atoms with Gasteiger partial charge in [-0.2, -0.15) is 0 Å². The van der Waals surface area contributed by atoms with Crippen LogP contribution in [-0.4, -0.2) is 38.2 Å². The van der Waals surface area contributed by atoms with Gasteiger partial charge in [0, 0.05) is 18.1 Å². The lowest BCUT2D eigenvalue weighted by Crippen LogP contribution is -2.45. The number of aromatic nitrogens is 2. The van der Waals surface area contributed by atoms with Crippen LogP contribution in [0, 0.1) is 0 Å². The van der Waals surface area contributed by atoms with Crippen molar-refractivity contribution in [1.82, 2.24) is 14.5 Å². The quantitative estimate of drug-likeness (QED) is 0.579. The molecule has 1 aliphatic heterocycles. The number of fused-ring (bicyclic) bond motifs is 1. The number of halogens is 3. The van der Waals surface area contributed by atoms with E-state index in [9.17, 15) is 14.4 Å². The van der Waals surface area contributed by atoms with Crippen LogP contribution in [0.3, 0.4) is 0 Å². The van der Waals surface area contributed by atoms with Crippen LogP contribution in [0.15, 0.2) is 49.1 Å². The van der Waals surface area contributed by atoms with Crippen LogP contribution in [0.5, 0.6) is 0 Å². The molecule has 3 aromatic rings. The molecule has 1 N–H and O–H groups in total. The highest BCUT2D eigenvalue weighted by Gasteiger charge is 2.41. The number of imidazole rings is 1. The third-order valence-corrected chi connectivity index (χ3v) is 5.75. The van der Waals surface area contributed by atoms with Crippen molar-refractivity contribution in [3.8, 4) is 5.69 Å². The van der Waals surface area contributed by atoms with E-state index in [1.165, 1.54) is 19.1 Å². The van der Waals surface area contributed by atoms with Crippen molar-refractivity contribution < 1.29 is 14.4 Å². The zero-order valence-electron chi connectivity index (χ0n) is 15.4. The van der Waals surface area contributed by atoms with Gasteiger partial charge in [-0.25, -0.2) is 4.98 Å². The van der Waals surface area contributed by atoms with Crippen LogP contribution in [0.1, 0.15) is 27.6 Å². The smallest absolute Gasteiger partial charge is 0.262 e. The first kappa shape index (κ1) is 20.4. The number of imide groups is 1. The third-order valence-electron chi connectivity index (χ3n) is 4.72. The molecule has 0 bridgehead atoms. The largest absolute Gasteiger partial charge is 0.324 e. The normalized spacial score (nSPS) is 14.1. The average molecular weight is 464 g/mol. The van der Waals surface area contributed by atoms with Crippen LogP contribution < -0.4 is 5.32 Å². The summed E-state index contributed by atoms with van der Waals surface area (Å²) < 4.78 is 1.73. The van der Waals surface area contributed by atoms with Crippen molar-refractivity contribution in [3.05, 3.63) is 75.2 Å². The molecule has 2 aromatic carbocycles. The lowest BCUT2D eigenvalue weighted by Gasteiger charge is -2.22. The van der Waals surface area contributed by atoms with E-state index in [1.54, 1.807) is 41.5 Å². The van der Waals surface area contributed by atoms with Crippen LogP contribution in [0.25, 0.3) is 5.69 Å². The summed E-state index contributed by atoms with van der Waals surface area (Å²) in [5.41, 5.74) is 1.33. The van der Waals surface area contributed by atoms with Crippen molar-refractivity contribution in [2.75, 3.05) is 5.32 Å². The van der Waals surface area contributed by atoms with Gasteiger partial charge in [-0.3, -0.25) is 19.3 Å². The summed E-state index contributed by atoms with van der Waals surface area (Å²) in [5.74, 6) is -1.76. The monoisotopic (exact) mass is 462 g/mol. The molecule has 152 valence electrons. The third kappa shape index (κ3) is 3.45. The predicted octanol–water partition coefficient (Wildman–Crippen LogP) is 4.46. The summed E-state index contributed by atoms with van der Waals surface area (Å²) in [6, 6.07) is 6.55. The van der Waals surface area contributed by atoms with Crippen LogP contribution in [-0.2, 0) is 4.79 Å². The Kier molecular flexibility index (Phi) is 5.27. The molecule has 1 atom stereocenters. The van der Waals surface area contributed by atoms with Gasteiger partial charge in [0.05, 0.1) is 38.2 Å². The number of hydrogen-bond donors (Lipinski definition) is 1. The molecular formula is C20H13Cl3N4O3. The number of rotatable bonds is 4. The molecule has 0 aliphatic carbocycles. The second-order valence-corrected chi connectivity index (χ2v) is 7.82. The molecule has 0 spiro atoms. The van der Waals surface area contributed by atoms with E-state index in [1.807, 2.05) is 0 Å². The van der Waals surface area contributed by atoms with Gasteiger partial charge >= 0.3 is 0 Å². The zero-order valence-corrected chi connectivity index (χ0v) is 17.7. The molecule has 3 amide bonds. The fraction of sp³-hybridized carbons (Fsp3) is 0.100.